The van der Waals surface area contributed by atoms with Crippen molar-refractivity contribution in [2.45, 2.75) is 13.5 Å². The highest BCUT2D eigenvalue weighted by Crippen LogP contribution is 2.28. The number of aryl methyl sites for hydroxylation is 1. The Balaban J connectivity index is 1.61. The summed E-state index contributed by atoms with van der Waals surface area (Å²) in [5, 5.41) is 2.98. The normalized spacial score (nSPS) is 11.6. The van der Waals surface area contributed by atoms with Crippen LogP contribution in [0.15, 0.2) is 78.9 Å². The summed E-state index contributed by atoms with van der Waals surface area (Å²) in [6.45, 7) is 3.29. The first kappa shape index (κ1) is 18.7. The third-order valence-corrected chi connectivity index (χ3v) is 4.35. The van der Waals surface area contributed by atoms with Crippen molar-refractivity contribution in [3.05, 3.63) is 90.0 Å². The number of nitrogens with one attached hydrogen (secondary N) is 2. The molecule has 3 aromatic carbocycles. The van der Waals surface area contributed by atoms with Gasteiger partial charge in [-0.2, -0.15) is 0 Å². The van der Waals surface area contributed by atoms with Gasteiger partial charge < -0.3 is 15.0 Å². The Morgan fingerprint density at radius 2 is 1.59 bits per heavy atom. The summed E-state index contributed by atoms with van der Waals surface area (Å²) >= 11 is 0. The number of para-hydroxylation sites is 3. The lowest BCUT2D eigenvalue weighted by atomic mass is 10.1. The molecule has 0 fully saturated rings. The van der Waals surface area contributed by atoms with Gasteiger partial charge in [0.2, 0.25) is 0 Å². The van der Waals surface area contributed by atoms with E-state index in [1.165, 1.54) is 11.1 Å². The molecule has 1 amide bonds. The van der Waals surface area contributed by atoms with Crippen molar-refractivity contribution < 1.29 is 14.4 Å². The van der Waals surface area contributed by atoms with E-state index in [2.05, 4.69) is 24.4 Å². The molecule has 0 aliphatic rings. The minimum atomic E-state index is -0.0369. The Kier molecular flexibility index (Phi) is 6.23. The minimum absolute atomic E-state index is 0.0369. The SMILES string of the molecule is Cc1ccccc1C[NH+](C)CC(=O)Nc1ccccc1Oc1ccccc1. The zero-order valence-corrected chi connectivity index (χ0v) is 15.7. The standard InChI is InChI=1S/C23H24N2O2/c1-18-10-6-7-11-19(18)16-25(2)17-23(26)24-21-14-8-9-15-22(21)27-20-12-4-3-5-13-20/h3-15H,16-17H2,1-2H3,(H,24,26)/p+1. The smallest absolute Gasteiger partial charge is 0.279 e. The van der Waals surface area contributed by atoms with Gasteiger partial charge in [-0.25, -0.2) is 0 Å². The first-order valence-corrected chi connectivity index (χ1v) is 9.09. The first-order valence-electron chi connectivity index (χ1n) is 9.09. The molecule has 27 heavy (non-hydrogen) atoms. The Bertz CT molecular complexity index is 894. The van der Waals surface area contributed by atoms with Crippen LogP contribution in [0.25, 0.3) is 0 Å². The van der Waals surface area contributed by atoms with E-state index in [1.54, 1.807) is 0 Å². The van der Waals surface area contributed by atoms with Crippen molar-refractivity contribution in [2.24, 2.45) is 0 Å². The number of carbonyl (C=O) groups excluding carboxylic acids is 1. The van der Waals surface area contributed by atoms with Gasteiger partial charge >= 0.3 is 0 Å². The van der Waals surface area contributed by atoms with Crippen LogP contribution < -0.4 is 15.0 Å². The number of ether oxygens (including phenoxy) is 1. The van der Waals surface area contributed by atoms with Gasteiger partial charge in [0.25, 0.3) is 5.91 Å². The molecule has 3 aromatic rings. The second-order valence-corrected chi connectivity index (χ2v) is 6.70. The molecule has 138 valence electrons. The minimum Gasteiger partial charge on any atom is -0.455 e. The van der Waals surface area contributed by atoms with E-state index < -0.39 is 0 Å². The molecular weight excluding hydrogens is 336 g/mol. The lowest BCUT2D eigenvalue weighted by Crippen LogP contribution is -3.08. The molecule has 1 unspecified atom stereocenters. The maximum atomic E-state index is 12.5. The number of anilines is 1. The van der Waals surface area contributed by atoms with Crippen LogP contribution in [0, 0.1) is 6.92 Å². The second-order valence-electron chi connectivity index (χ2n) is 6.70. The topological polar surface area (TPSA) is 42.8 Å². The van der Waals surface area contributed by atoms with Crippen LogP contribution in [0.2, 0.25) is 0 Å². The van der Waals surface area contributed by atoms with E-state index in [0.29, 0.717) is 18.0 Å². The Morgan fingerprint density at radius 1 is 0.926 bits per heavy atom. The Labute approximate surface area is 160 Å². The summed E-state index contributed by atoms with van der Waals surface area (Å²) in [6.07, 6.45) is 0. The van der Waals surface area contributed by atoms with Crippen molar-refractivity contribution in [3.63, 3.8) is 0 Å². The zero-order chi connectivity index (χ0) is 19.1. The third-order valence-electron chi connectivity index (χ3n) is 4.35. The summed E-state index contributed by atoms with van der Waals surface area (Å²) in [7, 11) is 2.03. The van der Waals surface area contributed by atoms with Crippen LogP contribution in [0.1, 0.15) is 11.1 Å². The van der Waals surface area contributed by atoms with E-state index in [-0.39, 0.29) is 5.91 Å². The Morgan fingerprint density at radius 3 is 2.37 bits per heavy atom. The molecule has 2 N–H and O–H groups in total. The van der Waals surface area contributed by atoms with Gasteiger partial charge in [0.15, 0.2) is 12.3 Å². The van der Waals surface area contributed by atoms with Gasteiger partial charge in [-0.1, -0.05) is 54.6 Å². The third kappa shape index (κ3) is 5.43. The molecule has 3 rings (SSSR count). The predicted molar refractivity (Wildman–Crippen MR) is 108 cm³/mol. The fourth-order valence-corrected chi connectivity index (χ4v) is 2.94. The number of quaternary nitrogens is 1. The summed E-state index contributed by atoms with van der Waals surface area (Å²) in [6, 6.07) is 25.3. The van der Waals surface area contributed by atoms with Crippen LogP contribution in [0.3, 0.4) is 0 Å². The fourth-order valence-electron chi connectivity index (χ4n) is 2.94. The molecule has 0 saturated heterocycles. The molecule has 0 spiro atoms. The second kappa shape index (κ2) is 9.01. The summed E-state index contributed by atoms with van der Waals surface area (Å²) in [5.74, 6) is 1.33. The number of amides is 1. The molecule has 0 heterocycles. The molecule has 0 bridgehead atoms. The number of hydrogen-bond acceptors (Lipinski definition) is 2. The number of carbonyl (C=O) groups is 1. The lowest BCUT2D eigenvalue weighted by Gasteiger charge is -2.16. The van der Waals surface area contributed by atoms with Gasteiger partial charge in [0, 0.05) is 5.56 Å². The summed E-state index contributed by atoms with van der Waals surface area (Å²) < 4.78 is 5.91. The van der Waals surface area contributed by atoms with Crippen LogP contribution in [0.4, 0.5) is 5.69 Å². The Hall–Kier alpha value is -3.11. The zero-order valence-electron chi connectivity index (χ0n) is 15.7. The molecular formula is C23H25N2O2+. The molecule has 0 aliphatic carbocycles. The van der Waals surface area contributed by atoms with Gasteiger partial charge in [0.1, 0.15) is 12.3 Å². The molecule has 1 atom stereocenters. The molecule has 4 heteroatoms. The number of likely N-dealkylation sites (N-methyl/N-ethyl adjacent to an activating group) is 1. The van der Waals surface area contributed by atoms with E-state index in [4.69, 9.17) is 4.74 Å². The van der Waals surface area contributed by atoms with E-state index in [1.807, 2.05) is 73.8 Å². The maximum absolute atomic E-state index is 12.5. The van der Waals surface area contributed by atoms with Gasteiger partial charge in [0.05, 0.1) is 12.7 Å². The molecule has 4 nitrogen and oxygen atoms in total. The first-order chi connectivity index (χ1) is 13.1. The highest BCUT2D eigenvalue weighted by atomic mass is 16.5. The summed E-state index contributed by atoms with van der Waals surface area (Å²) in [5.41, 5.74) is 3.18. The average molecular weight is 361 g/mol. The largest absolute Gasteiger partial charge is 0.455 e. The highest BCUT2D eigenvalue weighted by Gasteiger charge is 2.14. The number of rotatable bonds is 7. The fraction of sp³-hybridized carbons (Fsp3) is 0.174. The molecule has 0 saturated carbocycles. The molecule has 0 radical (unpaired) electrons. The van der Waals surface area contributed by atoms with Crippen LogP contribution in [-0.2, 0) is 11.3 Å². The maximum Gasteiger partial charge on any atom is 0.279 e. The van der Waals surface area contributed by atoms with E-state index >= 15 is 0 Å². The van der Waals surface area contributed by atoms with Crippen LogP contribution in [-0.4, -0.2) is 19.5 Å². The van der Waals surface area contributed by atoms with Crippen molar-refractivity contribution in [3.8, 4) is 11.5 Å². The lowest BCUT2D eigenvalue weighted by molar-refractivity contribution is -0.885. The van der Waals surface area contributed by atoms with Gasteiger partial charge in [-0.15, -0.1) is 0 Å². The van der Waals surface area contributed by atoms with E-state index in [9.17, 15) is 4.79 Å². The molecule has 0 aliphatic heterocycles. The summed E-state index contributed by atoms with van der Waals surface area (Å²) in [4.78, 5) is 13.6. The predicted octanol–water partition coefficient (Wildman–Crippen LogP) is 3.44. The van der Waals surface area contributed by atoms with Crippen LogP contribution >= 0.6 is 0 Å². The number of benzene rings is 3. The quantitative estimate of drug-likeness (QED) is 0.677. The van der Waals surface area contributed by atoms with Crippen LogP contribution in [0.5, 0.6) is 11.5 Å². The van der Waals surface area contributed by atoms with Gasteiger partial charge in [-0.3, -0.25) is 4.79 Å². The van der Waals surface area contributed by atoms with Crippen molar-refractivity contribution >= 4 is 11.6 Å². The highest BCUT2D eigenvalue weighted by molar-refractivity contribution is 5.93. The average Bonchev–Trinajstić information content (AvgIpc) is 2.66. The van der Waals surface area contributed by atoms with Crippen molar-refractivity contribution in [1.82, 2.24) is 0 Å². The monoisotopic (exact) mass is 361 g/mol. The van der Waals surface area contributed by atoms with Crippen molar-refractivity contribution in [2.75, 3.05) is 18.9 Å². The number of hydrogen-bond donors (Lipinski definition) is 2. The van der Waals surface area contributed by atoms with Gasteiger partial charge in [-0.05, 0) is 36.8 Å². The molecule has 0 aromatic heterocycles. The van der Waals surface area contributed by atoms with Crippen molar-refractivity contribution in [1.29, 1.82) is 0 Å². The van der Waals surface area contributed by atoms with E-state index in [0.717, 1.165) is 17.2 Å².